The van der Waals surface area contributed by atoms with E-state index in [-0.39, 0.29) is 0 Å². The Morgan fingerprint density at radius 3 is 3.22 bits per heavy atom. The van der Waals surface area contributed by atoms with Crippen molar-refractivity contribution in [2.24, 2.45) is 0 Å². The molecule has 0 bridgehead atoms. The van der Waals surface area contributed by atoms with E-state index in [0.717, 1.165) is 42.7 Å². The van der Waals surface area contributed by atoms with Gasteiger partial charge in [0.2, 0.25) is 5.95 Å². The molecular weight excluding hydrogens is 228 g/mol. The Morgan fingerprint density at radius 1 is 1.56 bits per heavy atom. The fourth-order valence-electron chi connectivity index (χ4n) is 2.52. The summed E-state index contributed by atoms with van der Waals surface area (Å²) in [4.78, 5) is 8.78. The molecule has 0 saturated carbocycles. The minimum absolute atomic E-state index is 0.367. The van der Waals surface area contributed by atoms with Crippen molar-refractivity contribution in [2.45, 2.75) is 38.8 Å². The molecule has 2 aromatic heterocycles. The van der Waals surface area contributed by atoms with Crippen LogP contribution >= 0.6 is 0 Å². The first-order valence-electron chi connectivity index (χ1n) is 6.44. The first-order chi connectivity index (χ1) is 8.75. The van der Waals surface area contributed by atoms with Crippen molar-refractivity contribution in [3.05, 3.63) is 17.8 Å². The van der Waals surface area contributed by atoms with Crippen LogP contribution in [0.4, 0.5) is 5.95 Å². The van der Waals surface area contributed by atoms with E-state index in [1.54, 1.807) is 6.20 Å². The molecule has 0 aromatic carbocycles. The van der Waals surface area contributed by atoms with Crippen LogP contribution in [0.3, 0.4) is 0 Å². The molecule has 5 nitrogen and oxygen atoms in total. The quantitative estimate of drug-likeness (QED) is 0.898. The summed E-state index contributed by atoms with van der Waals surface area (Å²) in [7, 11) is 0. The molecule has 1 aliphatic heterocycles. The molecular formula is C13H18N4O. The van der Waals surface area contributed by atoms with Gasteiger partial charge < -0.3 is 10.5 Å². The lowest BCUT2D eigenvalue weighted by Gasteiger charge is -2.10. The number of aromatic nitrogens is 3. The van der Waals surface area contributed by atoms with Crippen LogP contribution in [0.25, 0.3) is 11.2 Å². The third kappa shape index (κ3) is 1.95. The van der Waals surface area contributed by atoms with Gasteiger partial charge in [-0.1, -0.05) is 0 Å². The molecule has 18 heavy (non-hydrogen) atoms. The van der Waals surface area contributed by atoms with Crippen molar-refractivity contribution >= 4 is 17.1 Å². The summed E-state index contributed by atoms with van der Waals surface area (Å²) >= 11 is 0. The van der Waals surface area contributed by atoms with E-state index in [1.165, 1.54) is 6.42 Å². The van der Waals surface area contributed by atoms with Crippen molar-refractivity contribution in [1.29, 1.82) is 0 Å². The number of nitrogens with zero attached hydrogens (tertiary/aromatic N) is 3. The van der Waals surface area contributed by atoms with Gasteiger partial charge in [-0.05, 0) is 37.8 Å². The van der Waals surface area contributed by atoms with Gasteiger partial charge in [0, 0.05) is 19.3 Å². The maximum atomic E-state index is 5.98. The summed E-state index contributed by atoms with van der Waals surface area (Å²) < 4.78 is 7.62. The SMILES string of the molecule is Cc1ccnc2c1nc(N)n2CCC1CCCO1. The topological polar surface area (TPSA) is 66.0 Å². The second kappa shape index (κ2) is 4.57. The predicted molar refractivity (Wildman–Crippen MR) is 70.3 cm³/mol. The van der Waals surface area contributed by atoms with E-state index in [0.29, 0.717) is 12.1 Å². The van der Waals surface area contributed by atoms with Crippen molar-refractivity contribution < 1.29 is 4.74 Å². The van der Waals surface area contributed by atoms with Gasteiger partial charge in [-0.3, -0.25) is 4.57 Å². The first-order valence-corrected chi connectivity index (χ1v) is 6.44. The van der Waals surface area contributed by atoms with Crippen molar-refractivity contribution in [3.63, 3.8) is 0 Å². The molecule has 3 heterocycles. The third-order valence-electron chi connectivity index (χ3n) is 3.56. The minimum atomic E-state index is 0.367. The fraction of sp³-hybridized carbons (Fsp3) is 0.538. The van der Waals surface area contributed by atoms with E-state index in [2.05, 4.69) is 9.97 Å². The molecule has 0 aliphatic carbocycles. The Balaban J connectivity index is 1.86. The Morgan fingerprint density at radius 2 is 2.44 bits per heavy atom. The smallest absolute Gasteiger partial charge is 0.202 e. The molecule has 2 aromatic rings. The van der Waals surface area contributed by atoms with Crippen LogP contribution in [0.1, 0.15) is 24.8 Å². The van der Waals surface area contributed by atoms with Gasteiger partial charge in [0.15, 0.2) is 5.65 Å². The second-order valence-corrected chi connectivity index (χ2v) is 4.85. The number of ether oxygens (including phenoxy) is 1. The van der Waals surface area contributed by atoms with Crippen LogP contribution in [0.2, 0.25) is 0 Å². The van der Waals surface area contributed by atoms with Gasteiger partial charge in [0.25, 0.3) is 0 Å². The number of rotatable bonds is 3. The average Bonchev–Trinajstić information content (AvgIpc) is 2.95. The standard InChI is InChI=1S/C13H18N4O/c1-9-4-6-15-12-11(9)16-13(14)17(12)7-5-10-3-2-8-18-10/h4,6,10H,2-3,5,7-8H2,1H3,(H2,14,16). The van der Waals surface area contributed by atoms with Crippen molar-refractivity contribution in [1.82, 2.24) is 14.5 Å². The van der Waals surface area contributed by atoms with Gasteiger partial charge >= 0.3 is 0 Å². The predicted octanol–water partition coefficient (Wildman–Crippen LogP) is 1.89. The number of nitrogens with two attached hydrogens (primary N) is 1. The molecule has 96 valence electrons. The van der Waals surface area contributed by atoms with Gasteiger partial charge in [-0.2, -0.15) is 0 Å². The molecule has 2 N–H and O–H groups in total. The number of hydrogen-bond donors (Lipinski definition) is 1. The zero-order valence-electron chi connectivity index (χ0n) is 10.6. The van der Waals surface area contributed by atoms with Crippen LogP contribution in [0.5, 0.6) is 0 Å². The lowest BCUT2D eigenvalue weighted by Crippen LogP contribution is -2.12. The summed E-state index contributed by atoms with van der Waals surface area (Å²) in [6.07, 6.45) is 5.47. The lowest BCUT2D eigenvalue weighted by molar-refractivity contribution is 0.101. The third-order valence-corrected chi connectivity index (χ3v) is 3.56. The maximum Gasteiger partial charge on any atom is 0.202 e. The number of imidazole rings is 1. The Kier molecular flexibility index (Phi) is 2.91. The van der Waals surface area contributed by atoms with E-state index >= 15 is 0 Å². The highest BCUT2D eigenvalue weighted by Gasteiger charge is 2.17. The second-order valence-electron chi connectivity index (χ2n) is 4.85. The number of aryl methyl sites for hydroxylation is 2. The summed E-state index contributed by atoms with van der Waals surface area (Å²) in [6.45, 7) is 3.74. The van der Waals surface area contributed by atoms with Crippen molar-refractivity contribution in [3.8, 4) is 0 Å². The first kappa shape index (κ1) is 11.5. The van der Waals surface area contributed by atoms with Gasteiger partial charge in [0.05, 0.1) is 6.10 Å². The Hall–Kier alpha value is -1.62. The van der Waals surface area contributed by atoms with Crippen LogP contribution in [0, 0.1) is 6.92 Å². The van der Waals surface area contributed by atoms with Gasteiger partial charge in [0.1, 0.15) is 5.52 Å². The number of nitrogen functional groups attached to an aromatic ring is 1. The van der Waals surface area contributed by atoms with E-state index in [9.17, 15) is 0 Å². The largest absolute Gasteiger partial charge is 0.378 e. The van der Waals surface area contributed by atoms with Crippen molar-refractivity contribution in [2.75, 3.05) is 12.3 Å². The van der Waals surface area contributed by atoms with Crippen LogP contribution in [-0.4, -0.2) is 27.2 Å². The zero-order chi connectivity index (χ0) is 12.5. The monoisotopic (exact) mass is 246 g/mol. The molecule has 0 radical (unpaired) electrons. The van der Waals surface area contributed by atoms with E-state index in [1.807, 2.05) is 17.6 Å². The number of pyridine rings is 1. The molecule has 1 atom stereocenters. The molecule has 0 amide bonds. The highest BCUT2D eigenvalue weighted by atomic mass is 16.5. The lowest BCUT2D eigenvalue weighted by atomic mass is 10.2. The Bertz CT molecular complexity index is 557. The summed E-state index contributed by atoms with van der Waals surface area (Å²) in [5, 5.41) is 0. The number of hydrogen-bond acceptors (Lipinski definition) is 4. The minimum Gasteiger partial charge on any atom is -0.378 e. The molecule has 1 aliphatic rings. The molecule has 1 fully saturated rings. The average molecular weight is 246 g/mol. The fourth-order valence-corrected chi connectivity index (χ4v) is 2.52. The van der Waals surface area contributed by atoms with Crippen LogP contribution < -0.4 is 5.73 Å². The highest BCUT2D eigenvalue weighted by molar-refractivity contribution is 5.77. The summed E-state index contributed by atoms with van der Waals surface area (Å²) in [6, 6.07) is 1.96. The number of anilines is 1. The Labute approximate surface area is 106 Å². The van der Waals surface area contributed by atoms with E-state index < -0.39 is 0 Å². The maximum absolute atomic E-state index is 5.98. The highest BCUT2D eigenvalue weighted by Crippen LogP contribution is 2.21. The molecule has 3 rings (SSSR count). The molecule has 1 saturated heterocycles. The van der Waals surface area contributed by atoms with Gasteiger partial charge in [-0.25, -0.2) is 9.97 Å². The summed E-state index contributed by atoms with van der Waals surface area (Å²) in [5.74, 6) is 0.546. The van der Waals surface area contributed by atoms with Gasteiger partial charge in [-0.15, -0.1) is 0 Å². The zero-order valence-corrected chi connectivity index (χ0v) is 10.6. The normalized spacial score (nSPS) is 19.7. The summed E-state index contributed by atoms with van der Waals surface area (Å²) in [5.41, 5.74) is 8.88. The molecule has 0 spiro atoms. The molecule has 5 heteroatoms. The number of fused-ring (bicyclic) bond motifs is 1. The van der Waals surface area contributed by atoms with E-state index in [4.69, 9.17) is 10.5 Å². The van der Waals surface area contributed by atoms with Crippen LogP contribution in [-0.2, 0) is 11.3 Å². The molecule has 1 unspecified atom stereocenters. The van der Waals surface area contributed by atoms with Crippen LogP contribution in [0.15, 0.2) is 12.3 Å².